The predicted molar refractivity (Wildman–Crippen MR) is 135 cm³/mol. The Kier molecular flexibility index (Phi) is 4.45. The van der Waals surface area contributed by atoms with Gasteiger partial charge in [-0.1, -0.05) is 72.8 Å². The lowest BCUT2D eigenvalue weighted by Crippen LogP contribution is -3.02. The minimum Gasteiger partial charge on any atom is -0.271 e. The summed E-state index contributed by atoms with van der Waals surface area (Å²) in [4.78, 5) is 14.5. The molecule has 1 amide bonds. The molecule has 7 rings (SSSR count). The fourth-order valence-corrected chi connectivity index (χ4v) is 5.06. The molecule has 0 aromatic heterocycles. The van der Waals surface area contributed by atoms with Gasteiger partial charge in [0, 0.05) is 17.5 Å². The standard InChI is InChI=1S/C31H21N3O/c35-31-28-20-33(18-21-10-13-24(14-11-21)23-6-2-1-3-7-23)29-9-5-4-8-27(29)30(28)32-34(31)19-22-12-15-25-17-26(25)16-22/h2,4-17,20,26H,18-19H2/p+1/t26-/m1/s1. The van der Waals surface area contributed by atoms with Crippen LogP contribution in [0.15, 0.2) is 119 Å². The van der Waals surface area contributed by atoms with Gasteiger partial charge in [-0.2, -0.15) is 5.10 Å². The number of hydrazone groups is 1. The van der Waals surface area contributed by atoms with Crippen molar-refractivity contribution in [2.45, 2.75) is 6.54 Å². The molecule has 4 heteroatoms. The fraction of sp³-hybridized carbons (Fsp3) is 0.0968. The van der Waals surface area contributed by atoms with E-state index in [2.05, 4.69) is 78.9 Å². The van der Waals surface area contributed by atoms with Crippen LogP contribution in [-0.2, 0) is 11.3 Å². The summed E-state index contributed by atoms with van der Waals surface area (Å²) in [5, 5.41) is 6.39. The molecule has 35 heavy (non-hydrogen) atoms. The van der Waals surface area contributed by atoms with E-state index in [1.807, 2.05) is 30.5 Å². The van der Waals surface area contributed by atoms with Crippen LogP contribution in [0.1, 0.15) is 11.1 Å². The molecule has 3 aromatic carbocycles. The van der Waals surface area contributed by atoms with Gasteiger partial charge in [-0.25, -0.2) is 5.01 Å². The van der Waals surface area contributed by atoms with Gasteiger partial charge in [0.15, 0.2) is 0 Å². The fourth-order valence-electron chi connectivity index (χ4n) is 5.06. The number of nitrogens with zero attached hydrogens (tertiary/aromatic N) is 2. The number of para-hydroxylation sites is 1. The van der Waals surface area contributed by atoms with E-state index in [9.17, 15) is 4.79 Å². The number of carbonyl (C=O) groups is 1. The van der Waals surface area contributed by atoms with Crippen molar-refractivity contribution in [3.05, 3.63) is 137 Å². The molecule has 2 aliphatic heterocycles. The van der Waals surface area contributed by atoms with Crippen LogP contribution in [0.4, 0.5) is 5.69 Å². The van der Waals surface area contributed by atoms with E-state index in [-0.39, 0.29) is 5.91 Å². The van der Waals surface area contributed by atoms with E-state index in [0.29, 0.717) is 18.0 Å². The van der Waals surface area contributed by atoms with Crippen molar-refractivity contribution in [3.8, 4) is 11.1 Å². The number of quaternary nitrogens is 1. The van der Waals surface area contributed by atoms with E-state index in [1.54, 1.807) is 5.01 Å². The maximum absolute atomic E-state index is 13.4. The van der Waals surface area contributed by atoms with Gasteiger partial charge in [-0.3, -0.25) is 9.69 Å². The third-order valence-corrected chi connectivity index (χ3v) is 6.99. The number of rotatable bonds is 5. The second kappa shape index (κ2) is 7.80. The molecule has 4 nitrogen and oxygen atoms in total. The number of hydrogen-bond acceptors (Lipinski definition) is 2. The minimum absolute atomic E-state index is 0.0247. The van der Waals surface area contributed by atoms with Crippen molar-refractivity contribution >= 4 is 17.3 Å². The van der Waals surface area contributed by atoms with Gasteiger partial charge < -0.3 is 0 Å². The van der Waals surface area contributed by atoms with Crippen LogP contribution < -0.4 is 4.90 Å². The molecule has 166 valence electrons. The van der Waals surface area contributed by atoms with Crippen molar-refractivity contribution in [1.82, 2.24) is 5.01 Å². The molecular weight excluding hydrogens is 430 g/mol. The highest BCUT2D eigenvalue weighted by Gasteiger charge is 2.39. The van der Waals surface area contributed by atoms with Crippen molar-refractivity contribution in [2.75, 3.05) is 6.54 Å². The Bertz CT molecular complexity index is 1510. The SMILES string of the molecule is O=C1C2=C[NH+](Cc3ccc(-c4cc#ccc4)cc3)c3ccccc3C2=NN1CC1=C[C@@H]2C=C2C=C1. The van der Waals surface area contributed by atoms with Crippen LogP contribution in [0, 0.1) is 18.1 Å². The smallest absolute Gasteiger partial charge is 0.271 e. The Morgan fingerprint density at radius 3 is 2.66 bits per heavy atom. The first-order chi connectivity index (χ1) is 17.2. The highest BCUT2D eigenvalue weighted by atomic mass is 16.2. The normalized spacial score (nSPS) is 21.1. The third kappa shape index (κ3) is 3.54. The number of hydrogen-bond donors (Lipinski definition) is 1. The first-order valence-corrected chi connectivity index (χ1v) is 11.9. The summed E-state index contributed by atoms with van der Waals surface area (Å²) in [7, 11) is 0. The largest absolute Gasteiger partial charge is 0.281 e. The maximum atomic E-state index is 13.4. The Hall–Kier alpha value is -4.46. The summed E-state index contributed by atoms with van der Waals surface area (Å²) < 4.78 is 0. The third-order valence-electron chi connectivity index (χ3n) is 6.99. The Labute approximate surface area is 204 Å². The van der Waals surface area contributed by atoms with Gasteiger partial charge >= 0.3 is 0 Å². The van der Waals surface area contributed by atoms with Gasteiger partial charge in [0.2, 0.25) is 0 Å². The van der Waals surface area contributed by atoms with Crippen LogP contribution >= 0.6 is 0 Å². The van der Waals surface area contributed by atoms with Gasteiger partial charge in [0.05, 0.1) is 12.1 Å². The second-order valence-electron chi connectivity index (χ2n) is 9.30. The molecule has 0 fully saturated rings. The van der Waals surface area contributed by atoms with Gasteiger partial charge in [0.1, 0.15) is 29.7 Å². The summed E-state index contributed by atoms with van der Waals surface area (Å²) in [6.45, 7) is 1.25. The number of allylic oxidation sites excluding steroid dienone is 4. The molecule has 3 aromatic rings. The lowest BCUT2D eigenvalue weighted by Gasteiger charge is -2.22. The number of fused-ring (bicyclic) bond motifs is 4. The molecule has 0 bridgehead atoms. The van der Waals surface area contributed by atoms with Crippen LogP contribution in [0.5, 0.6) is 0 Å². The van der Waals surface area contributed by atoms with E-state index in [4.69, 9.17) is 5.10 Å². The average molecular weight is 453 g/mol. The van der Waals surface area contributed by atoms with Crippen molar-refractivity contribution in [2.24, 2.45) is 11.0 Å². The monoisotopic (exact) mass is 452 g/mol. The molecule has 0 saturated carbocycles. The molecule has 4 aliphatic rings. The molecule has 2 heterocycles. The quantitative estimate of drug-likeness (QED) is 0.620. The molecule has 0 spiro atoms. The molecule has 0 saturated heterocycles. The average Bonchev–Trinajstić information content (AvgIpc) is 3.62. The van der Waals surface area contributed by atoms with Crippen molar-refractivity contribution in [1.29, 1.82) is 0 Å². The van der Waals surface area contributed by atoms with Crippen molar-refractivity contribution < 1.29 is 9.69 Å². The number of benzene rings is 2. The summed E-state index contributed by atoms with van der Waals surface area (Å²) in [6, 6.07) is 28.7. The summed E-state index contributed by atoms with van der Waals surface area (Å²) in [6.07, 6.45) is 10.7. The Morgan fingerprint density at radius 2 is 1.83 bits per heavy atom. The van der Waals surface area contributed by atoms with Crippen LogP contribution in [-0.4, -0.2) is 23.2 Å². The Morgan fingerprint density at radius 1 is 0.943 bits per heavy atom. The number of nitrogens with one attached hydrogen (secondary N) is 1. The molecular formula is C31H22N3O+. The van der Waals surface area contributed by atoms with Gasteiger partial charge in [0.25, 0.3) is 5.91 Å². The van der Waals surface area contributed by atoms with E-state index >= 15 is 0 Å². The number of carbonyl (C=O) groups excluding carboxylic acids is 1. The Balaban J connectivity index is 1.17. The molecule has 2 atom stereocenters. The zero-order valence-electron chi connectivity index (χ0n) is 19.0. The molecule has 2 aliphatic carbocycles. The maximum Gasteiger partial charge on any atom is 0.281 e. The second-order valence-corrected chi connectivity index (χ2v) is 9.30. The summed E-state index contributed by atoms with van der Waals surface area (Å²) in [5.74, 6) is 0.426. The molecule has 1 unspecified atom stereocenters. The molecule has 0 radical (unpaired) electrons. The lowest BCUT2D eigenvalue weighted by molar-refractivity contribution is -0.791. The zero-order chi connectivity index (χ0) is 23.4. The van der Waals surface area contributed by atoms with E-state index in [1.165, 1.54) is 11.1 Å². The molecule has 1 N–H and O–H groups in total. The summed E-state index contributed by atoms with van der Waals surface area (Å²) in [5.41, 5.74) is 9.64. The van der Waals surface area contributed by atoms with E-state index in [0.717, 1.165) is 45.1 Å². The topological polar surface area (TPSA) is 37.1 Å². The highest BCUT2D eigenvalue weighted by molar-refractivity contribution is 6.32. The predicted octanol–water partition coefficient (Wildman–Crippen LogP) is 4.17. The first-order valence-electron chi connectivity index (χ1n) is 11.9. The van der Waals surface area contributed by atoms with Crippen LogP contribution in [0.2, 0.25) is 0 Å². The zero-order valence-corrected chi connectivity index (χ0v) is 19.0. The number of amides is 1. The van der Waals surface area contributed by atoms with Gasteiger partial charge in [-0.15, -0.1) is 0 Å². The first kappa shape index (κ1) is 20.0. The van der Waals surface area contributed by atoms with Crippen molar-refractivity contribution in [3.63, 3.8) is 0 Å². The van der Waals surface area contributed by atoms with Gasteiger partial charge in [-0.05, 0) is 46.5 Å². The summed E-state index contributed by atoms with van der Waals surface area (Å²) >= 11 is 0. The highest BCUT2D eigenvalue weighted by Crippen LogP contribution is 2.36. The minimum atomic E-state index is -0.0247. The van der Waals surface area contributed by atoms with E-state index < -0.39 is 0 Å². The van der Waals surface area contributed by atoms with Crippen LogP contribution in [0.3, 0.4) is 0 Å². The lowest BCUT2D eigenvalue weighted by atomic mass is 9.96. The van der Waals surface area contributed by atoms with Crippen LogP contribution in [0.25, 0.3) is 11.1 Å².